The molecule has 3 rings (SSSR count). The number of ether oxygens (including phenoxy) is 1. The lowest BCUT2D eigenvalue weighted by molar-refractivity contribution is -0.121. The minimum Gasteiger partial charge on any atom is -0.497 e. The number of nitrogens with zero attached hydrogens (tertiary/aromatic N) is 4. The highest BCUT2D eigenvalue weighted by molar-refractivity contribution is 5.76. The molecule has 0 saturated carbocycles. The molecule has 128 valence electrons. The van der Waals surface area contributed by atoms with Gasteiger partial charge in [-0.05, 0) is 46.7 Å². The van der Waals surface area contributed by atoms with E-state index in [-0.39, 0.29) is 12.5 Å². The summed E-state index contributed by atoms with van der Waals surface area (Å²) in [5.41, 5.74) is 1.94. The SMILES string of the molecule is COc1ccc(CCC(=O)NCc2nnnn2-c2ccccc2)cc1. The molecule has 3 aromatic rings. The first kappa shape index (κ1) is 16.6. The molecule has 0 saturated heterocycles. The Labute approximate surface area is 145 Å². The summed E-state index contributed by atoms with van der Waals surface area (Å²) in [7, 11) is 1.63. The van der Waals surface area contributed by atoms with Crippen molar-refractivity contribution < 1.29 is 9.53 Å². The molecule has 0 radical (unpaired) electrons. The van der Waals surface area contributed by atoms with Crippen molar-refractivity contribution in [3.63, 3.8) is 0 Å². The van der Waals surface area contributed by atoms with Crippen LogP contribution in [-0.4, -0.2) is 33.2 Å². The van der Waals surface area contributed by atoms with Crippen molar-refractivity contribution in [2.24, 2.45) is 0 Å². The van der Waals surface area contributed by atoms with E-state index < -0.39 is 0 Å². The summed E-state index contributed by atoms with van der Waals surface area (Å²) in [6, 6.07) is 17.3. The fourth-order valence-electron chi connectivity index (χ4n) is 2.40. The van der Waals surface area contributed by atoms with E-state index in [0.29, 0.717) is 18.7 Å². The number of hydrogen-bond acceptors (Lipinski definition) is 5. The summed E-state index contributed by atoms with van der Waals surface area (Å²) in [5.74, 6) is 1.35. The third kappa shape index (κ3) is 4.41. The van der Waals surface area contributed by atoms with Crippen molar-refractivity contribution in [3.05, 3.63) is 66.0 Å². The molecule has 7 nitrogen and oxygen atoms in total. The van der Waals surface area contributed by atoms with E-state index in [1.165, 1.54) is 0 Å². The molecule has 1 amide bonds. The molecule has 2 aromatic carbocycles. The number of tetrazole rings is 1. The first-order valence-electron chi connectivity index (χ1n) is 7.98. The van der Waals surface area contributed by atoms with Gasteiger partial charge in [0.05, 0.1) is 19.3 Å². The zero-order valence-corrected chi connectivity index (χ0v) is 13.9. The van der Waals surface area contributed by atoms with Gasteiger partial charge in [-0.25, -0.2) is 0 Å². The van der Waals surface area contributed by atoms with Crippen molar-refractivity contribution in [2.45, 2.75) is 19.4 Å². The van der Waals surface area contributed by atoms with Crippen LogP contribution >= 0.6 is 0 Å². The quantitative estimate of drug-likeness (QED) is 0.712. The highest BCUT2D eigenvalue weighted by Crippen LogP contribution is 2.12. The van der Waals surface area contributed by atoms with Gasteiger partial charge in [-0.1, -0.05) is 30.3 Å². The molecule has 0 unspecified atom stereocenters. The number of nitrogens with one attached hydrogen (secondary N) is 1. The lowest BCUT2D eigenvalue weighted by Crippen LogP contribution is -2.25. The van der Waals surface area contributed by atoms with Crippen LogP contribution in [-0.2, 0) is 17.8 Å². The van der Waals surface area contributed by atoms with Crippen molar-refractivity contribution in [1.82, 2.24) is 25.5 Å². The first-order chi connectivity index (χ1) is 12.3. The van der Waals surface area contributed by atoms with Crippen LogP contribution in [0.5, 0.6) is 5.75 Å². The largest absolute Gasteiger partial charge is 0.497 e. The Morgan fingerprint density at radius 1 is 1.12 bits per heavy atom. The molecule has 0 spiro atoms. The molecule has 0 fully saturated rings. The Bertz CT molecular complexity index is 815. The van der Waals surface area contributed by atoms with Gasteiger partial charge in [0.2, 0.25) is 5.91 Å². The van der Waals surface area contributed by atoms with E-state index in [0.717, 1.165) is 17.0 Å². The summed E-state index contributed by atoms with van der Waals surface area (Å²) in [4.78, 5) is 12.1. The van der Waals surface area contributed by atoms with Crippen LogP contribution in [0.4, 0.5) is 0 Å². The summed E-state index contributed by atoms with van der Waals surface area (Å²) >= 11 is 0. The number of aromatic nitrogens is 4. The maximum atomic E-state index is 12.1. The van der Waals surface area contributed by atoms with E-state index in [9.17, 15) is 4.79 Å². The Morgan fingerprint density at radius 3 is 2.60 bits per heavy atom. The van der Waals surface area contributed by atoms with Gasteiger partial charge in [-0.3, -0.25) is 4.79 Å². The number of amides is 1. The predicted molar refractivity (Wildman–Crippen MR) is 92.3 cm³/mol. The van der Waals surface area contributed by atoms with Crippen LogP contribution in [0.1, 0.15) is 17.8 Å². The Balaban J connectivity index is 1.52. The minimum absolute atomic E-state index is 0.0431. The van der Waals surface area contributed by atoms with Crippen LogP contribution in [0.2, 0.25) is 0 Å². The summed E-state index contributed by atoms with van der Waals surface area (Å²) < 4.78 is 6.74. The van der Waals surface area contributed by atoms with Crippen LogP contribution < -0.4 is 10.1 Å². The van der Waals surface area contributed by atoms with E-state index in [4.69, 9.17) is 4.74 Å². The highest BCUT2D eigenvalue weighted by atomic mass is 16.5. The van der Waals surface area contributed by atoms with Gasteiger partial charge in [0.1, 0.15) is 5.75 Å². The van der Waals surface area contributed by atoms with Gasteiger partial charge < -0.3 is 10.1 Å². The number of hydrogen-bond donors (Lipinski definition) is 1. The second-order valence-corrected chi connectivity index (χ2v) is 5.47. The maximum Gasteiger partial charge on any atom is 0.220 e. The Kier molecular flexibility index (Phi) is 5.36. The molecule has 1 N–H and O–H groups in total. The average molecular weight is 337 g/mol. The molecule has 1 aromatic heterocycles. The van der Waals surface area contributed by atoms with Crippen LogP contribution in [0, 0.1) is 0 Å². The molecule has 0 aliphatic heterocycles. The van der Waals surface area contributed by atoms with E-state index in [1.807, 2.05) is 54.6 Å². The summed E-state index contributed by atoms with van der Waals surface area (Å²) in [6.45, 7) is 0.281. The molecule has 0 aliphatic rings. The molecule has 7 heteroatoms. The predicted octanol–water partition coefficient (Wildman–Crippen LogP) is 1.92. The summed E-state index contributed by atoms with van der Waals surface area (Å²) in [6.07, 6.45) is 1.07. The van der Waals surface area contributed by atoms with Crippen LogP contribution in [0.25, 0.3) is 5.69 Å². The standard InChI is InChI=1S/C18H19N5O2/c1-25-16-10-7-14(8-11-16)9-12-18(24)19-13-17-20-21-22-23(17)15-5-3-2-4-6-15/h2-8,10-11H,9,12-13H2,1H3,(H,19,24). The molecular weight excluding hydrogens is 318 g/mol. The molecular formula is C18H19N5O2. The number of aryl methyl sites for hydroxylation is 1. The van der Waals surface area contributed by atoms with Crippen molar-refractivity contribution in [3.8, 4) is 11.4 Å². The van der Waals surface area contributed by atoms with E-state index in [2.05, 4.69) is 20.8 Å². The van der Waals surface area contributed by atoms with Gasteiger partial charge in [0.15, 0.2) is 5.82 Å². The van der Waals surface area contributed by atoms with Crippen LogP contribution in [0.15, 0.2) is 54.6 Å². The number of methoxy groups -OCH3 is 1. The minimum atomic E-state index is -0.0431. The number of para-hydroxylation sites is 1. The van der Waals surface area contributed by atoms with Crippen LogP contribution in [0.3, 0.4) is 0 Å². The van der Waals surface area contributed by atoms with Gasteiger partial charge in [0.25, 0.3) is 0 Å². The monoisotopic (exact) mass is 337 g/mol. The van der Waals surface area contributed by atoms with Gasteiger partial charge in [-0.15, -0.1) is 5.10 Å². The average Bonchev–Trinajstić information content (AvgIpc) is 3.14. The second-order valence-electron chi connectivity index (χ2n) is 5.47. The maximum absolute atomic E-state index is 12.1. The lowest BCUT2D eigenvalue weighted by atomic mass is 10.1. The molecule has 1 heterocycles. The smallest absolute Gasteiger partial charge is 0.220 e. The normalized spacial score (nSPS) is 10.4. The van der Waals surface area contributed by atoms with Gasteiger partial charge >= 0.3 is 0 Å². The first-order valence-corrected chi connectivity index (χ1v) is 7.98. The van der Waals surface area contributed by atoms with E-state index >= 15 is 0 Å². The topological polar surface area (TPSA) is 81.9 Å². The molecule has 25 heavy (non-hydrogen) atoms. The van der Waals surface area contributed by atoms with Crippen molar-refractivity contribution >= 4 is 5.91 Å². The van der Waals surface area contributed by atoms with Crippen molar-refractivity contribution in [2.75, 3.05) is 7.11 Å². The van der Waals surface area contributed by atoms with Gasteiger partial charge in [0, 0.05) is 6.42 Å². The highest BCUT2D eigenvalue weighted by Gasteiger charge is 2.09. The molecule has 0 atom stereocenters. The third-order valence-corrected chi connectivity index (χ3v) is 3.78. The fraction of sp³-hybridized carbons (Fsp3) is 0.222. The Morgan fingerprint density at radius 2 is 1.88 bits per heavy atom. The zero-order chi connectivity index (χ0) is 17.5. The lowest BCUT2D eigenvalue weighted by Gasteiger charge is -2.07. The molecule has 0 bridgehead atoms. The fourth-order valence-corrected chi connectivity index (χ4v) is 2.40. The number of carbonyl (C=O) groups is 1. The number of benzene rings is 2. The third-order valence-electron chi connectivity index (χ3n) is 3.78. The second kappa shape index (κ2) is 8.05. The number of rotatable bonds is 7. The van der Waals surface area contributed by atoms with E-state index in [1.54, 1.807) is 11.8 Å². The Hall–Kier alpha value is -3.22. The number of carbonyl (C=O) groups excluding carboxylic acids is 1. The zero-order valence-electron chi connectivity index (χ0n) is 13.9. The van der Waals surface area contributed by atoms with Crippen molar-refractivity contribution in [1.29, 1.82) is 0 Å². The molecule has 0 aliphatic carbocycles. The van der Waals surface area contributed by atoms with Gasteiger partial charge in [-0.2, -0.15) is 4.68 Å². The summed E-state index contributed by atoms with van der Waals surface area (Å²) in [5, 5.41) is 14.5.